The molecule has 2 aliphatic heterocycles. The molecule has 0 aromatic rings. The molecule has 4 heteroatoms. The van der Waals surface area contributed by atoms with Gasteiger partial charge in [0.05, 0.1) is 0 Å². The van der Waals surface area contributed by atoms with Crippen LogP contribution in [0.2, 0.25) is 0 Å². The average Bonchev–Trinajstić information content (AvgIpc) is 2.45. The van der Waals surface area contributed by atoms with Crippen LogP contribution in [0.1, 0.15) is 32.1 Å². The third-order valence-electron chi connectivity index (χ3n) is 3.78. The van der Waals surface area contributed by atoms with Crippen LogP contribution in [0.4, 0.5) is 0 Å². The second-order valence-corrected chi connectivity index (χ2v) is 5.11. The molecule has 2 atom stereocenters. The van der Waals surface area contributed by atoms with E-state index in [1.807, 2.05) is 0 Å². The van der Waals surface area contributed by atoms with Gasteiger partial charge in [0.25, 0.3) is 0 Å². The predicted octanol–water partition coefficient (Wildman–Crippen LogP) is 0.661. The minimum atomic E-state index is 0.177. The molecule has 2 aliphatic rings. The summed E-state index contributed by atoms with van der Waals surface area (Å²) in [6, 6.07) is 0.836. The smallest absolute Gasteiger partial charge is 0.223 e. The van der Waals surface area contributed by atoms with Gasteiger partial charge in [0.2, 0.25) is 5.91 Å². The van der Waals surface area contributed by atoms with Crippen LogP contribution < -0.4 is 0 Å². The Morgan fingerprint density at radius 1 is 1.31 bits per heavy atom. The zero-order chi connectivity index (χ0) is 11.7. The minimum Gasteiger partial charge on any atom is -0.349 e. The summed E-state index contributed by atoms with van der Waals surface area (Å²) in [5.74, 6) is 0.582. The first-order chi connectivity index (χ1) is 7.58. The molecule has 2 fully saturated rings. The number of amides is 1. The number of nitrogens with zero attached hydrogens (tertiary/aromatic N) is 2. The first-order valence-electron chi connectivity index (χ1n) is 6.05. The van der Waals surface area contributed by atoms with Gasteiger partial charge in [-0.1, -0.05) is 0 Å². The van der Waals surface area contributed by atoms with E-state index in [9.17, 15) is 9.59 Å². The molecule has 2 rings (SSSR count). The molecule has 16 heavy (non-hydrogen) atoms. The Morgan fingerprint density at radius 3 is 2.38 bits per heavy atom. The van der Waals surface area contributed by atoms with Crippen molar-refractivity contribution in [1.82, 2.24) is 9.80 Å². The lowest BCUT2D eigenvalue weighted by Crippen LogP contribution is -2.44. The van der Waals surface area contributed by atoms with Gasteiger partial charge < -0.3 is 4.90 Å². The number of piperidine rings is 1. The first-order valence-corrected chi connectivity index (χ1v) is 6.05. The number of ketones is 1. The van der Waals surface area contributed by atoms with E-state index in [1.54, 1.807) is 19.0 Å². The van der Waals surface area contributed by atoms with Crippen LogP contribution in [0.25, 0.3) is 0 Å². The van der Waals surface area contributed by atoms with Gasteiger partial charge in [0.1, 0.15) is 5.78 Å². The monoisotopic (exact) mass is 224 g/mol. The Morgan fingerprint density at radius 2 is 1.88 bits per heavy atom. The van der Waals surface area contributed by atoms with Gasteiger partial charge in [-0.25, -0.2) is 0 Å². The minimum absolute atomic E-state index is 0.177. The van der Waals surface area contributed by atoms with E-state index < -0.39 is 0 Å². The van der Waals surface area contributed by atoms with E-state index in [0.717, 1.165) is 19.4 Å². The van der Waals surface area contributed by atoms with Crippen LogP contribution in [-0.2, 0) is 9.59 Å². The highest BCUT2D eigenvalue weighted by molar-refractivity contribution is 5.81. The van der Waals surface area contributed by atoms with Crippen LogP contribution >= 0.6 is 0 Å². The summed E-state index contributed by atoms with van der Waals surface area (Å²) in [5, 5.41) is 0. The zero-order valence-electron chi connectivity index (χ0n) is 10.1. The normalized spacial score (nSPS) is 29.5. The third-order valence-corrected chi connectivity index (χ3v) is 3.78. The average molecular weight is 224 g/mol. The number of Topliss-reactive ketones (excluding diaryl/α,β-unsaturated/α-hetero) is 1. The van der Waals surface area contributed by atoms with Gasteiger partial charge >= 0.3 is 0 Å². The van der Waals surface area contributed by atoms with Crippen LogP contribution in [0.15, 0.2) is 0 Å². The lowest BCUT2D eigenvalue weighted by Gasteiger charge is -2.33. The number of fused-ring (bicyclic) bond motifs is 2. The molecule has 90 valence electrons. The molecule has 2 bridgehead atoms. The summed E-state index contributed by atoms with van der Waals surface area (Å²) in [6.45, 7) is 0.819. The highest BCUT2D eigenvalue weighted by atomic mass is 16.2. The molecule has 2 saturated heterocycles. The Hall–Kier alpha value is -0.900. The fourth-order valence-electron chi connectivity index (χ4n) is 2.88. The molecule has 2 heterocycles. The Balaban J connectivity index is 1.87. The van der Waals surface area contributed by atoms with Crippen molar-refractivity contribution < 1.29 is 9.59 Å². The van der Waals surface area contributed by atoms with Crippen molar-refractivity contribution in [2.75, 3.05) is 20.6 Å². The summed E-state index contributed by atoms with van der Waals surface area (Å²) in [5.41, 5.74) is 0. The van der Waals surface area contributed by atoms with Crippen LogP contribution in [0.3, 0.4) is 0 Å². The Labute approximate surface area is 96.6 Å². The topological polar surface area (TPSA) is 40.6 Å². The molecule has 1 amide bonds. The van der Waals surface area contributed by atoms with E-state index in [2.05, 4.69) is 4.90 Å². The lowest BCUT2D eigenvalue weighted by molar-refractivity contribution is -0.129. The number of carbonyl (C=O) groups is 2. The molecule has 2 unspecified atom stereocenters. The quantitative estimate of drug-likeness (QED) is 0.707. The van der Waals surface area contributed by atoms with E-state index in [1.165, 1.54) is 0 Å². The highest BCUT2D eigenvalue weighted by Crippen LogP contribution is 2.33. The van der Waals surface area contributed by atoms with Crippen molar-refractivity contribution in [2.45, 2.75) is 44.2 Å². The van der Waals surface area contributed by atoms with Crippen molar-refractivity contribution in [1.29, 1.82) is 0 Å². The molecule has 0 N–H and O–H groups in total. The number of hydrogen-bond acceptors (Lipinski definition) is 3. The second-order valence-electron chi connectivity index (χ2n) is 5.11. The molecule has 4 nitrogen and oxygen atoms in total. The van der Waals surface area contributed by atoms with Crippen molar-refractivity contribution in [2.24, 2.45) is 0 Å². The number of hydrogen-bond donors (Lipinski definition) is 0. The van der Waals surface area contributed by atoms with Crippen LogP contribution in [0.5, 0.6) is 0 Å². The molecule has 0 aliphatic carbocycles. The Kier molecular flexibility index (Phi) is 3.28. The maximum Gasteiger partial charge on any atom is 0.223 e. The standard InChI is InChI=1S/C12H20N2O2/c1-13(2)12(16)5-6-14-9-3-4-10(14)8-11(15)7-9/h9-10H,3-8H2,1-2H3. The largest absolute Gasteiger partial charge is 0.349 e. The summed E-state index contributed by atoms with van der Waals surface area (Å²) in [4.78, 5) is 26.9. The van der Waals surface area contributed by atoms with Crippen molar-refractivity contribution in [3.8, 4) is 0 Å². The molecular formula is C12H20N2O2. The Bertz CT molecular complexity index is 285. The van der Waals surface area contributed by atoms with Gasteiger partial charge in [-0.05, 0) is 12.8 Å². The summed E-state index contributed by atoms with van der Waals surface area (Å²) < 4.78 is 0. The number of rotatable bonds is 3. The summed E-state index contributed by atoms with van der Waals surface area (Å²) in [6.07, 6.45) is 4.24. The fourth-order valence-corrected chi connectivity index (χ4v) is 2.88. The number of carbonyl (C=O) groups excluding carboxylic acids is 2. The van der Waals surface area contributed by atoms with Gasteiger partial charge in [-0.2, -0.15) is 0 Å². The van der Waals surface area contributed by atoms with E-state index in [-0.39, 0.29) is 5.91 Å². The van der Waals surface area contributed by atoms with Crippen molar-refractivity contribution >= 4 is 11.7 Å². The molecule has 0 spiro atoms. The van der Waals surface area contributed by atoms with Crippen LogP contribution in [-0.4, -0.2) is 54.2 Å². The lowest BCUT2D eigenvalue weighted by atomic mass is 10.0. The second kappa shape index (κ2) is 4.53. The molecule has 0 aromatic carbocycles. The molecule has 0 radical (unpaired) electrons. The maximum atomic E-state index is 11.5. The highest BCUT2D eigenvalue weighted by Gasteiger charge is 2.39. The van der Waals surface area contributed by atoms with Gasteiger partial charge in [-0.3, -0.25) is 14.5 Å². The predicted molar refractivity (Wildman–Crippen MR) is 61.1 cm³/mol. The first kappa shape index (κ1) is 11.6. The zero-order valence-corrected chi connectivity index (χ0v) is 10.1. The van der Waals surface area contributed by atoms with Gasteiger partial charge in [-0.15, -0.1) is 0 Å². The van der Waals surface area contributed by atoms with E-state index >= 15 is 0 Å². The van der Waals surface area contributed by atoms with Gasteiger partial charge in [0.15, 0.2) is 0 Å². The van der Waals surface area contributed by atoms with Crippen LogP contribution in [0, 0.1) is 0 Å². The summed E-state index contributed by atoms with van der Waals surface area (Å²) in [7, 11) is 3.58. The fraction of sp³-hybridized carbons (Fsp3) is 0.833. The molecule has 0 aromatic heterocycles. The van der Waals surface area contributed by atoms with Gasteiger partial charge in [0, 0.05) is 52.0 Å². The molecule has 0 saturated carbocycles. The van der Waals surface area contributed by atoms with E-state index in [4.69, 9.17) is 0 Å². The SMILES string of the molecule is CN(C)C(=O)CCN1C2CCC1CC(=O)C2. The molecular weight excluding hydrogens is 204 g/mol. The van der Waals surface area contributed by atoms with Crippen molar-refractivity contribution in [3.63, 3.8) is 0 Å². The summed E-state index contributed by atoms with van der Waals surface area (Å²) >= 11 is 0. The van der Waals surface area contributed by atoms with Crippen molar-refractivity contribution in [3.05, 3.63) is 0 Å². The maximum absolute atomic E-state index is 11.5. The van der Waals surface area contributed by atoms with E-state index in [0.29, 0.717) is 37.1 Å². The third kappa shape index (κ3) is 2.26.